The molecule has 2 heteroatoms. The molecule has 2 aromatic rings. The Morgan fingerprint density at radius 2 is 1.62 bits per heavy atom. The second-order valence-electron chi connectivity index (χ2n) is 5.48. The highest BCUT2D eigenvalue weighted by Gasteiger charge is 2.04. The van der Waals surface area contributed by atoms with Crippen molar-refractivity contribution in [1.29, 1.82) is 0 Å². The topological polar surface area (TPSA) is 29.5 Å². The molecular formula is C19H24O2. The van der Waals surface area contributed by atoms with Crippen LogP contribution in [0.4, 0.5) is 0 Å². The van der Waals surface area contributed by atoms with Crippen molar-refractivity contribution in [3.63, 3.8) is 0 Å². The van der Waals surface area contributed by atoms with Gasteiger partial charge in [0.2, 0.25) is 0 Å². The number of phenolic OH excluding ortho intramolecular Hbond substituents is 1. The van der Waals surface area contributed by atoms with Crippen molar-refractivity contribution < 1.29 is 9.84 Å². The zero-order valence-electron chi connectivity index (χ0n) is 12.7. The number of para-hydroxylation sites is 2. The predicted molar refractivity (Wildman–Crippen MR) is 86.9 cm³/mol. The molecule has 1 atom stereocenters. The fraction of sp³-hybridized carbons (Fsp3) is 0.368. The molecule has 2 aromatic carbocycles. The van der Waals surface area contributed by atoms with E-state index >= 15 is 0 Å². The SMILES string of the molecule is CC(CCCCCOc1ccccc1O)c1ccccc1. The molecular weight excluding hydrogens is 260 g/mol. The maximum atomic E-state index is 9.59. The highest BCUT2D eigenvalue weighted by molar-refractivity contribution is 5.37. The molecule has 0 amide bonds. The average Bonchev–Trinajstić information content (AvgIpc) is 2.53. The van der Waals surface area contributed by atoms with E-state index in [0.29, 0.717) is 18.3 Å². The van der Waals surface area contributed by atoms with Gasteiger partial charge in [0.1, 0.15) is 0 Å². The first kappa shape index (κ1) is 15.4. The van der Waals surface area contributed by atoms with E-state index in [1.165, 1.54) is 18.4 Å². The fourth-order valence-corrected chi connectivity index (χ4v) is 2.44. The molecule has 0 aromatic heterocycles. The first-order chi connectivity index (χ1) is 10.3. The molecule has 1 N–H and O–H groups in total. The third kappa shape index (κ3) is 5.14. The quantitative estimate of drug-likeness (QED) is 0.680. The van der Waals surface area contributed by atoms with Crippen LogP contribution >= 0.6 is 0 Å². The zero-order valence-corrected chi connectivity index (χ0v) is 12.7. The van der Waals surface area contributed by atoms with Gasteiger partial charge < -0.3 is 9.84 Å². The van der Waals surface area contributed by atoms with Crippen LogP contribution in [-0.4, -0.2) is 11.7 Å². The molecule has 0 radical (unpaired) electrons. The Bertz CT molecular complexity index is 522. The lowest BCUT2D eigenvalue weighted by molar-refractivity contribution is 0.288. The van der Waals surface area contributed by atoms with Gasteiger partial charge in [-0.05, 0) is 36.5 Å². The molecule has 1 unspecified atom stereocenters. The molecule has 0 spiro atoms. The summed E-state index contributed by atoms with van der Waals surface area (Å²) in [4.78, 5) is 0. The smallest absolute Gasteiger partial charge is 0.160 e. The summed E-state index contributed by atoms with van der Waals surface area (Å²) >= 11 is 0. The number of phenols is 1. The number of ether oxygens (including phenoxy) is 1. The Morgan fingerprint density at radius 3 is 2.38 bits per heavy atom. The molecule has 0 aliphatic rings. The van der Waals surface area contributed by atoms with Gasteiger partial charge in [-0.15, -0.1) is 0 Å². The summed E-state index contributed by atoms with van der Waals surface area (Å²) < 4.78 is 5.58. The van der Waals surface area contributed by atoms with Crippen LogP contribution in [0.5, 0.6) is 11.5 Å². The molecule has 112 valence electrons. The molecule has 0 saturated carbocycles. The summed E-state index contributed by atoms with van der Waals surface area (Å²) in [6.45, 7) is 2.95. The van der Waals surface area contributed by atoms with E-state index < -0.39 is 0 Å². The Morgan fingerprint density at radius 1 is 0.905 bits per heavy atom. The van der Waals surface area contributed by atoms with Gasteiger partial charge in [0, 0.05) is 0 Å². The van der Waals surface area contributed by atoms with Crippen LogP contribution in [0.15, 0.2) is 54.6 Å². The lowest BCUT2D eigenvalue weighted by atomic mass is 9.95. The number of benzene rings is 2. The minimum absolute atomic E-state index is 0.218. The highest BCUT2D eigenvalue weighted by Crippen LogP contribution is 2.25. The maximum Gasteiger partial charge on any atom is 0.160 e. The minimum atomic E-state index is 0.218. The molecule has 0 heterocycles. The van der Waals surface area contributed by atoms with Crippen molar-refractivity contribution in [2.24, 2.45) is 0 Å². The van der Waals surface area contributed by atoms with Crippen molar-refractivity contribution in [1.82, 2.24) is 0 Å². The number of unbranched alkanes of at least 4 members (excludes halogenated alkanes) is 2. The zero-order chi connectivity index (χ0) is 14.9. The number of hydrogen-bond donors (Lipinski definition) is 1. The Balaban J connectivity index is 1.59. The van der Waals surface area contributed by atoms with Gasteiger partial charge in [0.25, 0.3) is 0 Å². The van der Waals surface area contributed by atoms with Crippen LogP contribution in [0.2, 0.25) is 0 Å². The second-order valence-corrected chi connectivity index (χ2v) is 5.48. The van der Waals surface area contributed by atoms with Crippen molar-refractivity contribution in [2.45, 2.75) is 38.5 Å². The molecule has 0 saturated heterocycles. The van der Waals surface area contributed by atoms with Gasteiger partial charge in [-0.3, -0.25) is 0 Å². The van der Waals surface area contributed by atoms with Crippen LogP contribution in [0.3, 0.4) is 0 Å². The van der Waals surface area contributed by atoms with Gasteiger partial charge in [-0.2, -0.15) is 0 Å². The van der Waals surface area contributed by atoms with Gasteiger partial charge in [0.05, 0.1) is 6.61 Å². The Kier molecular flexibility index (Phi) is 6.14. The molecule has 0 aliphatic heterocycles. The number of hydrogen-bond acceptors (Lipinski definition) is 2. The first-order valence-corrected chi connectivity index (χ1v) is 7.73. The summed E-state index contributed by atoms with van der Waals surface area (Å²) in [5, 5.41) is 9.59. The van der Waals surface area contributed by atoms with E-state index in [2.05, 4.69) is 37.3 Å². The molecule has 0 fully saturated rings. The largest absolute Gasteiger partial charge is 0.504 e. The third-order valence-corrected chi connectivity index (χ3v) is 3.77. The summed E-state index contributed by atoms with van der Waals surface area (Å²) in [7, 11) is 0. The molecule has 0 bridgehead atoms. The molecule has 21 heavy (non-hydrogen) atoms. The van der Waals surface area contributed by atoms with Crippen molar-refractivity contribution in [3.05, 3.63) is 60.2 Å². The van der Waals surface area contributed by atoms with E-state index in [-0.39, 0.29) is 5.75 Å². The van der Waals surface area contributed by atoms with E-state index in [1.807, 2.05) is 6.07 Å². The number of aromatic hydroxyl groups is 1. The normalized spacial score (nSPS) is 12.0. The van der Waals surface area contributed by atoms with Gasteiger partial charge in [-0.25, -0.2) is 0 Å². The van der Waals surface area contributed by atoms with Gasteiger partial charge in [-0.1, -0.05) is 62.2 Å². The van der Waals surface area contributed by atoms with Crippen LogP contribution in [0, 0.1) is 0 Å². The number of rotatable bonds is 8. The van der Waals surface area contributed by atoms with Crippen molar-refractivity contribution in [2.75, 3.05) is 6.61 Å². The van der Waals surface area contributed by atoms with E-state index in [1.54, 1.807) is 18.2 Å². The lowest BCUT2D eigenvalue weighted by Crippen LogP contribution is -1.98. The monoisotopic (exact) mass is 284 g/mol. The molecule has 2 nitrogen and oxygen atoms in total. The summed E-state index contributed by atoms with van der Waals surface area (Å²) in [5.74, 6) is 1.41. The third-order valence-electron chi connectivity index (χ3n) is 3.77. The highest BCUT2D eigenvalue weighted by atomic mass is 16.5. The minimum Gasteiger partial charge on any atom is -0.504 e. The fourth-order valence-electron chi connectivity index (χ4n) is 2.44. The van der Waals surface area contributed by atoms with Gasteiger partial charge in [0.15, 0.2) is 11.5 Å². The van der Waals surface area contributed by atoms with Crippen LogP contribution < -0.4 is 4.74 Å². The van der Waals surface area contributed by atoms with E-state index in [9.17, 15) is 5.11 Å². The lowest BCUT2D eigenvalue weighted by Gasteiger charge is -2.12. The van der Waals surface area contributed by atoms with Gasteiger partial charge >= 0.3 is 0 Å². The van der Waals surface area contributed by atoms with Crippen molar-refractivity contribution in [3.8, 4) is 11.5 Å². The summed E-state index contributed by atoms with van der Waals surface area (Å²) in [5.41, 5.74) is 1.42. The Hall–Kier alpha value is -1.96. The van der Waals surface area contributed by atoms with Crippen molar-refractivity contribution >= 4 is 0 Å². The average molecular weight is 284 g/mol. The molecule has 2 rings (SSSR count). The molecule has 0 aliphatic carbocycles. The second kappa shape index (κ2) is 8.35. The maximum absolute atomic E-state index is 9.59. The Labute approximate surface area is 127 Å². The summed E-state index contributed by atoms with van der Waals surface area (Å²) in [6, 6.07) is 17.8. The van der Waals surface area contributed by atoms with E-state index in [0.717, 1.165) is 12.8 Å². The standard InChI is InChI=1S/C19H24O2/c1-16(17-11-5-2-6-12-17)10-4-3-9-15-21-19-14-8-7-13-18(19)20/h2,5-8,11-14,16,20H,3-4,9-10,15H2,1H3. The first-order valence-electron chi connectivity index (χ1n) is 7.73. The van der Waals surface area contributed by atoms with Crippen LogP contribution in [0.25, 0.3) is 0 Å². The van der Waals surface area contributed by atoms with E-state index in [4.69, 9.17) is 4.74 Å². The van der Waals surface area contributed by atoms with Crippen LogP contribution in [0.1, 0.15) is 44.1 Å². The predicted octanol–water partition coefficient (Wildman–Crippen LogP) is 5.14. The van der Waals surface area contributed by atoms with Crippen LogP contribution in [-0.2, 0) is 0 Å². The summed E-state index contributed by atoms with van der Waals surface area (Å²) in [6.07, 6.45) is 4.60.